The highest BCUT2D eigenvalue weighted by Crippen LogP contribution is 2.22. The van der Waals surface area contributed by atoms with Crippen LogP contribution < -0.4 is 10.6 Å². The van der Waals surface area contributed by atoms with E-state index in [0.29, 0.717) is 13.1 Å². The van der Waals surface area contributed by atoms with Crippen LogP contribution >= 0.6 is 11.6 Å². The Morgan fingerprint density at radius 1 is 1.41 bits per heavy atom. The minimum Gasteiger partial charge on any atom is -0.365 e. The zero-order chi connectivity index (χ0) is 16.5. The fourth-order valence-corrected chi connectivity index (χ4v) is 4.15. The number of primary amides is 1. The Kier molecular flexibility index (Phi) is 5.06. The van der Waals surface area contributed by atoms with Crippen molar-refractivity contribution in [2.75, 3.05) is 26.2 Å². The highest BCUT2D eigenvalue weighted by atomic mass is 35.5. The van der Waals surface area contributed by atoms with E-state index in [4.69, 9.17) is 17.3 Å². The maximum absolute atomic E-state index is 13.2. The fourth-order valence-electron chi connectivity index (χ4n) is 2.43. The lowest BCUT2D eigenvalue weighted by atomic mass is 10.2. The van der Waals surface area contributed by atoms with Crippen LogP contribution in [0.15, 0.2) is 23.1 Å². The molecular formula is C13H18ClFN3O3S+. The number of nitrogens with one attached hydrogen (secondary N) is 1. The number of hydrogen-bond acceptors (Lipinski definition) is 3. The van der Waals surface area contributed by atoms with Crippen molar-refractivity contribution in [1.29, 1.82) is 0 Å². The number of rotatable bonds is 4. The normalized spacial score (nSPS) is 19.0. The first-order chi connectivity index (χ1) is 10.2. The lowest BCUT2D eigenvalue weighted by molar-refractivity contribution is -0.917. The van der Waals surface area contributed by atoms with Gasteiger partial charge in [0.05, 0.1) is 36.1 Å². The van der Waals surface area contributed by atoms with Crippen LogP contribution in [-0.4, -0.2) is 50.9 Å². The van der Waals surface area contributed by atoms with Crippen LogP contribution in [0.2, 0.25) is 5.02 Å². The number of carbonyl (C=O) groups excluding carboxylic acids is 1. The predicted octanol–water partition coefficient (Wildman–Crippen LogP) is -0.758. The van der Waals surface area contributed by atoms with Crippen LogP contribution in [0.4, 0.5) is 4.39 Å². The monoisotopic (exact) mass is 350 g/mol. The van der Waals surface area contributed by atoms with Gasteiger partial charge in [-0.15, -0.1) is 0 Å². The van der Waals surface area contributed by atoms with E-state index in [1.54, 1.807) is 6.92 Å². The number of halogens is 2. The van der Waals surface area contributed by atoms with Gasteiger partial charge in [-0.25, -0.2) is 12.8 Å². The number of nitrogens with two attached hydrogens (primary N) is 1. The highest BCUT2D eigenvalue weighted by Gasteiger charge is 2.33. The van der Waals surface area contributed by atoms with E-state index >= 15 is 0 Å². The summed E-state index contributed by atoms with van der Waals surface area (Å²) in [5.74, 6) is -1.07. The topological polar surface area (TPSA) is 84.9 Å². The van der Waals surface area contributed by atoms with Crippen molar-refractivity contribution < 1.29 is 22.5 Å². The molecule has 1 aromatic carbocycles. The quantitative estimate of drug-likeness (QED) is 0.748. The van der Waals surface area contributed by atoms with Gasteiger partial charge < -0.3 is 10.6 Å². The van der Waals surface area contributed by atoms with Crippen LogP contribution in [0, 0.1) is 5.82 Å². The number of nitrogens with zero attached hydrogens (tertiary/aromatic N) is 1. The lowest BCUT2D eigenvalue weighted by Gasteiger charge is -2.33. The van der Waals surface area contributed by atoms with Gasteiger partial charge in [0, 0.05) is 0 Å². The number of hydrogen-bond donors (Lipinski definition) is 2. The Morgan fingerprint density at radius 3 is 2.50 bits per heavy atom. The summed E-state index contributed by atoms with van der Waals surface area (Å²) in [6, 6.07) is 2.98. The number of benzene rings is 1. The Hall–Kier alpha value is -1.22. The van der Waals surface area contributed by atoms with Crippen molar-refractivity contribution in [1.82, 2.24) is 4.31 Å². The van der Waals surface area contributed by atoms with E-state index in [1.807, 2.05) is 0 Å². The molecule has 122 valence electrons. The van der Waals surface area contributed by atoms with E-state index in [-0.39, 0.29) is 29.0 Å². The number of sulfonamides is 1. The molecule has 0 spiro atoms. The minimum atomic E-state index is -3.72. The first-order valence-electron chi connectivity index (χ1n) is 6.82. The molecule has 3 N–H and O–H groups in total. The second-order valence-electron chi connectivity index (χ2n) is 5.26. The summed E-state index contributed by atoms with van der Waals surface area (Å²) in [6.45, 7) is 3.23. The first-order valence-corrected chi connectivity index (χ1v) is 8.64. The van der Waals surface area contributed by atoms with E-state index in [9.17, 15) is 17.6 Å². The van der Waals surface area contributed by atoms with Crippen LogP contribution in [0.3, 0.4) is 0 Å². The van der Waals surface area contributed by atoms with Crippen molar-refractivity contribution in [3.8, 4) is 0 Å². The number of quaternary nitrogens is 1. The number of amides is 1. The Balaban J connectivity index is 2.12. The van der Waals surface area contributed by atoms with Crippen molar-refractivity contribution in [2.45, 2.75) is 17.9 Å². The summed E-state index contributed by atoms with van der Waals surface area (Å²) in [6.07, 6.45) is 0. The minimum absolute atomic E-state index is 0.0368. The smallest absolute Gasteiger partial charge is 0.275 e. The van der Waals surface area contributed by atoms with Gasteiger partial charge in [-0.05, 0) is 25.1 Å². The molecule has 22 heavy (non-hydrogen) atoms. The molecule has 0 bridgehead atoms. The number of piperazine rings is 1. The van der Waals surface area contributed by atoms with E-state index in [1.165, 1.54) is 10.4 Å². The molecule has 1 aliphatic heterocycles. The SMILES string of the molecule is C[C@@H](C(N)=O)[NH+]1CCN(S(=O)(=O)c2ccc(F)c(Cl)c2)CC1. The molecule has 1 aliphatic rings. The second-order valence-corrected chi connectivity index (χ2v) is 7.61. The number of carbonyl (C=O) groups is 1. The van der Waals surface area contributed by atoms with Gasteiger partial charge in [-0.2, -0.15) is 4.31 Å². The third kappa shape index (κ3) is 3.40. The molecule has 1 atom stereocenters. The van der Waals surface area contributed by atoms with Crippen LogP contribution in [0.5, 0.6) is 0 Å². The van der Waals surface area contributed by atoms with Gasteiger partial charge in [0.2, 0.25) is 10.0 Å². The van der Waals surface area contributed by atoms with Crippen molar-refractivity contribution in [3.63, 3.8) is 0 Å². The zero-order valence-corrected chi connectivity index (χ0v) is 13.6. The van der Waals surface area contributed by atoms with Gasteiger partial charge in [0.25, 0.3) is 5.91 Å². The summed E-state index contributed by atoms with van der Waals surface area (Å²) in [5, 5.41) is -0.229. The van der Waals surface area contributed by atoms with Crippen molar-refractivity contribution in [3.05, 3.63) is 29.0 Å². The summed E-state index contributed by atoms with van der Waals surface area (Å²) >= 11 is 5.64. The molecule has 9 heteroatoms. The van der Waals surface area contributed by atoms with Crippen LogP contribution in [-0.2, 0) is 14.8 Å². The maximum atomic E-state index is 13.2. The molecular weight excluding hydrogens is 333 g/mol. The van der Waals surface area contributed by atoms with Crippen LogP contribution in [0.25, 0.3) is 0 Å². The lowest BCUT2D eigenvalue weighted by Crippen LogP contribution is -3.19. The summed E-state index contributed by atoms with van der Waals surface area (Å²) < 4.78 is 39.5. The second kappa shape index (κ2) is 6.49. The van der Waals surface area contributed by atoms with Crippen molar-refractivity contribution in [2.24, 2.45) is 5.73 Å². The van der Waals surface area contributed by atoms with Gasteiger partial charge in [0.15, 0.2) is 6.04 Å². The molecule has 0 unspecified atom stereocenters. The van der Waals surface area contributed by atoms with E-state index < -0.39 is 21.7 Å². The van der Waals surface area contributed by atoms with Gasteiger partial charge in [-0.3, -0.25) is 4.79 Å². The fraction of sp³-hybridized carbons (Fsp3) is 0.462. The molecule has 1 fully saturated rings. The van der Waals surface area contributed by atoms with Crippen molar-refractivity contribution >= 4 is 27.5 Å². The molecule has 1 heterocycles. The van der Waals surface area contributed by atoms with E-state index in [2.05, 4.69) is 0 Å². The third-order valence-electron chi connectivity index (χ3n) is 3.93. The largest absolute Gasteiger partial charge is 0.365 e. The Bertz CT molecular complexity index is 675. The first kappa shape index (κ1) is 17.1. The zero-order valence-electron chi connectivity index (χ0n) is 12.1. The molecule has 1 amide bonds. The molecule has 0 saturated carbocycles. The molecule has 0 aromatic heterocycles. The van der Waals surface area contributed by atoms with Crippen LogP contribution in [0.1, 0.15) is 6.92 Å². The standard InChI is InChI=1S/C13H17ClFN3O3S/c1-9(13(16)19)17-4-6-18(7-5-17)22(20,21)10-2-3-12(15)11(14)8-10/h2-3,8-9H,4-7H2,1H3,(H2,16,19)/p+1/t9-/m0/s1. The molecule has 1 saturated heterocycles. The Labute approximate surface area is 133 Å². The summed E-state index contributed by atoms with van der Waals surface area (Å²) in [4.78, 5) is 12.1. The molecule has 0 radical (unpaired) electrons. The molecule has 6 nitrogen and oxygen atoms in total. The molecule has 1 aromatic rings. The van der Waals surface area contributed by atoms with Gasteiger partial charge in [-0.1, -0.05) is 11.6 Å². The Morgan fingerprint density at radius 2 is 2.00 bits per heavy atom. The average Bonchev–Trinajstić information content (AvgIpc) is 2.49. The summed E-state index contributed by atoms with van der Waals surface area (Å²) in [7, 11) is -3.72. The maximum Gasteiger partial charge on any atom is 0.275 e. The molecule has 2 rings (SSSR count). The average molecular weight is 351 g/mol. The summed E-state index contributed by atoms with van der Waals surface area (Å²) in [5.41, 5.74) is 5.27. The predicted molar refractivity (Wildman–Crippen MR) is 79.5 cm³/mol. The van der Waals surface area contributed by atoms with E-state index in [0.717, 1.165) is 17.0 Å². The highest BCUT2D eigenvalue weighted by molar-refractivity contribution is 7.89. The van der Waals surface area contributed by atoms with Gasteiger partial charge in [0.1, 0.15) is 5.82 Å². The molecule has 0 aliphatic carbocycles. The third-order valence-corrected chi connectivity index (χ3v) is 6.12. The van der Waals surface area contributed by atoms with Gasteiger partial charge >= 0.3 is 0 Å².